The van der Waals surface area contributed by atoms with Gasteiger partial charge in [-0.15, -0.1) is 0 Å². The summed E-state index contributed by atoms with van der Waals surface area (Å²) in [6, 6.07) is 8.98. The second-order valence-corrected chi connectivity index (χ2v) is 9.25. The molecule has 1 aliphatic rings. The molecule has 0 unspecified atom stereocenters. The molecule has 2 aromatic rings. The Morgan fingerprint density at radius 2 is 1.73 bits per heavy atom. The number of carbonyl (C=O) groups is 2. The number of unbranched alkanes of at least 4 members (excludes halogenated alkanes) is 3. The molecule has 8 heteroatoms. The van der Waals surface area contributed by atoms with Crippen molar-refractivity contribution in [1.82, 2.24) is 5.48 Å². The molecular formula is C29H35NO7. The molecule has 37 heavy (non-hydrogen) atoms. The van der Waals surface area contributed by atoms with Gasteiger partial charge in [-0.1, -0.05) is 25.0 Å². The first kappa shape index (κ1) is 27.8. The molecule has 0 spiro atoms. The highest BCUT2D eigenvalue weighted by Gasteiger charge is 2.27. The van der Waals surface area contributed by atoms with E-state index in [9.17, 15) is 9.59 Å². The predicted molar refractivity (Wildman–Crippen MR) is 142 cm³/mol. The molecule has 0 aromatic heterocycles. The van der Waals surface area contributed by atoms with Crippen LogP contribution in [0.2, 0.25) is 0 Å². The summed E-state index contributed by atoms with van der Waals surface area (Å²) in [4.78, 5) is 24.2. The van der Waals surface area contributed by atoms with Crippen LogP contribution in [0.25, 0.3) is 12.2 Å². The number of allylic oxidation sites excluding steroid dienone is 1. The Bertz CT molecular complexity index is 1170. The summed E-state index contributed by atoms with van der Waals surface area (Å²) in [5, 5.41) is 8.52. The minimum atomic E-state index is -0.533. The smallest absolute Gasteiger partial charge is 0.243 e. The normalized spacial score (nSPS) is 13.5. The Morgan fingerprint density at radius 3 is 2.46 bits per heavy atom. The lowest BCUT2D eigenvalue weighted by Gasteiger charge is -2.29. The molecule has 0 bridgehead atoms. The fraction of sp³-hybridized carbons (Fsp3) is 0.379. The van der Waals surface area contributed by atoms with E-state index in [-0.39, 0.29) is 11.7 Å². The Labute approximate surface area is 217 Å². The summed E-state index contributed by atoms with van der Waals surface area (Å²) in [6.07, 6.45) is 10.7. The van der Waals surface area contributed by atoms with E-state index >= 15 is 0 Å². The van der Waals surface area contributed by atoms with Gasteiger partial charge < -0.3 is 18.9 Å². The molecule has 8 nitrogen and oxygen atoms in total. The average Bonchev–Trinajstić information content (AvgIpc) is 2.89. The van der Waals surface area contributed by atoms with Crippen molar-refractivity contribution in [2.45, 2.75) is 51.6 Å². The van der Waals surface area contributed by atoms with E-state index in [2.05, 4.69) is 0 Å². The van der Waals surface area contributed by atoms with E-state index in [1.54, 1.807) is 44.0 Å². The van der Waals surface area contributed by atoms with Crippen LogP contribution in [0.15, 0.2) is 42.5 Å². The molecule has 2 N–H and O–H groups in total. The molecule has 0 atom stereocenters. The largest absolute Gasteiger partial charge is 0.496 e. The van der Waals surface area contributed by atoms with Crippen LogP contribution in [0, 0.1) is 0 Å². The minimum Gasteiger partial charge on any atom is -0.496 e. The van der Waals surface area contributed by atoms with Crippen LogP contribution in [0.4, 0.5) is 0 Å². The number of rotatable bonds is 13. The van der Waals surface area contributed by atoms with Gasteiger partial charge in [-0.2, -0.15) is 0 Å². The maximum absolute atomic E-state index is 13.1. The molecule has 0 fully saturated rings. The molecule has 1 heterocycles. The van der Waals surface area contributed by atoms with Gasteiger partial charge in [-0.05, 0) is 74.7 Å². The van der Waals surface area contributed by atoms with Crippen LogP contribution in [0.5, 0.6) is 23.0 Å². The first-order valence-corrected chi connectivity index (χ1v) is 12.3. The second kappa shape index (κ2) is 13.0. The van der Waals surface area contributed by atoms with Crippen molar-refractivity contribution in [1.29, 1.82) is 0 Å². The van der Waals surface area contributed by atoms with Crippen molar-refractivity contribution in [2.24, 2.45) is 0 Å². The van der Waals surface area contributed by atoms with Crippen molar-refractivity contribution < 1.29 is 33.7 Å². The zero-order valence-corrected chi connectivity index (χ0v) is 21.8. The number of nitrogens with one attached hydrogen (secondary N) is 1. The zero-order chi connectivity index (χ0) is 26.8. The maximum atomic E-state index is 13.1. The molecule has 0 radical (unpaired) electrons. The Hall–Kier alpha value is -3.78. The van der Waals surface area contributed by atoms with Crippen LogP contribution >= 0.6 is 0 Å². The predicted octanol–water partition coefficient (Wildman–Crippen LogP) is 5.62. The summed E-state index contributed by atoms with van der Waals surface area (Å²) in [6.45, 7) is 4.36. The number of fused-ring (bicyclic) bond motifs is 1. The van der Waals surface area contributed by atoms with Gasteiger partial charge in [0.1, 0.15) is 17.1 Å². The molecular weight excluding hydrogens is 474 g/mol. The number of hydrogen-bond donors (Lipinski definition) is 2. The fourth-order valence-electron chi connectivity index (χ4n) is 3.95. The zero-order valence-electron chi connectivity index (χ0n) is 21.8. The fourth-order valence-corrected chi connectivity index (χ4v) is 3.95. The molecule has 1 aliphatic heterocycles. The van der Waals surface area contributed by atoms with E-state index < -0.39 is 5.60 Å². The number of ketones is 1. The Balaban J connectivity index is 1.66. The first-order chi connectivity index (χ1) is 17.8. The quantitative estimate of drug-likeness (QED) is 0.119. The monoisotopic (exact) mass is 509 g/mol. The van der Waals surface area contributed by atoms with E-state index in [0.29, 0.717) is 48.0 Å². The van der Waals surface area contributed by atoms with Gasteiger partial charge >= 0.3 is 0 Å². The molecule has 198 valence electrons. The molecule has 2 aromatic carbocycles. The molecule has 1 amide bonds. The SMILES string of the molecule is COc1ccc(/C=C/C(=O)c2ccc(OC)c3c2OC(C)(C)C=C3)cc1OCCCCCCC(=O)NO. The van der Waals surface area contributed by atoms with Crippen LogP contribution in [0.3, 0.4) is 0 Å². The van der Waals surface area contributed by atoms with Gasteiger partial charge in [0, 0.05) is 6.42 Å². The number of hydrogen-bond acceptors (Lipinski definition) is 7. The van der Waals surface area contributed by atoms with Gasteiger partial charge in [0.25, 0.3) is 0 Å². The number of ether oxygens (including phenoxy) is 4. The number of amides is 1. The second-order valence-electron chi connectivity index (χ2n) is 9.25. The standard InChI is InChI=1S/C29H35NO7/c1-29(2)17-16-22-24(34-3)15-12-21(28(22)37-29)23(31)13-10-20-11-14-25(35-4)26(19-20)36-18-8-6-5-7-9-27(32)30-33/h10-17,19,33H,5-9,18H2,1-4H3,(H,30,32)/b13-10+. The summed E-state index contributed by atoms with van der Waals surface area (Å²) >= 11 is 0. The molecule has 0 saturated heterocycles. The summed E-state index contributed by atoms with van der Waals surface area (Å²) in [5.41, 5.74) is 3.11. The number of carbonyl (C=O) groups excluding carboxylic acids is 2. The molecule has 0 saturated carbocycles. The van der Waals surface area contributed by atoms with Crippen molar-refractivity contribution in [3.05, 3.63) is 59.2 Å². The van der Waals surface area contributed by atoms with E-state index in [4.69, 9.17) is 24.2 Å². The summed E-state index contributed by atoms with van der Waals surface area (Å²) in [5.74, 6) is 1.80. The number of methoxy groups -OCH3 is 2. The van der Waals surface area contributed by atoms with Crippen molar-refractivity contribution in [3.63, 3.8) is 0 Å². The topological polar surface area (TPSA) is 103 Å². The van der Waals surface area contributed by atoms with Crippen LogP contribution in [-0.4, -0.2) is 43.3 Å². The third kappa shape index (κ3) is 7.60. The van der Waals surface area contributed by atoms with Crippen molar-refractivity contribution in [3.8, 4) is 23.0 Å². The van der Waals surface area contributed by atoms with Gasteiger partial charge in [0.2, 0.25) is 5.91 Å². The van der Waals surface area contributed by atoms with Gasteiger partial charge in [0.05, 0.1) is 32.0 Å². The lowest BCUT2D eigenvalue weighted by atomic mass is 9.97. The Morgan fingerprint density at radius 1 is 1.00 bits per heavy atom. The number of benzene rings is 2. The average molecular weight is 510 g/mol. The van der Waals surface area contributed by atoms with Crippen LogP contribution in [-0.2, 0) is 4.79 Å². The van der Waals surface area contributed by atoms with Gasteiger partial charge in [-0.25, -0.2) is 5.48 Å². The first-order valence-electron chi connectivity index (χ1n) is 12.3. The maximum Gasteiger partial charge on any atom is 0.243 e. The lowest BCUT2D eigenvalue weighted by molar-refractivity contribution is -0.129. The summed E-state index contributed by atoms with van der Waals surface area (Å²) in [7, 11) is 3.17. The number of hydroxylamine groups is 1. The minimum absolute atomic E-state index is 0.182. The third-order valence-electron chi connectivity index (χ3n) is 5.95. The molecule has 3 rings (SSSR count). The van der Waals surface area contributed by atoms with Crippen LogP contribution in [0.1, 0.15) is 67.4 Å². The van der Waals surface area contributed by atoms with Gasteiger partial charge in [-0.3, -0.25) is 14.8 Å². The lowest BCUT2D eigenvalue weighted by Crippen LogP contribution is -2.28. The van der Waals surface area contributed by atoms with Crippen molar-refractivity contribution in [2.75, 3.05) is 20.8 Å². The van der Waals surface area contributed by atoms with E-state index in [1.165, 1.54) is 6.08 Å². The van der Waals surface area contributed by atoms with Gasteiger partial charge in [0.15, 0.2) is 17.3 Å². The third-order valence-corrected chi connectivity index (χ3v) is 5.95. The van der Waals surface area contributed by atoms with Crippen molar-refractivity contribution >= 4 is 23.8 Å². The Kier molecular flexibility index (Phi) is 9.74. The molecule has 0 aliphatic carbocycles. The highest BCUT2D eigenvalue weighted by molar-refractivity contribution is 6.09. The van der Waals surface area contributed by atoms with E-state index in [1.807, 2.05) is 38.1 Å². The highest BCUT2D eigenvalue weighted by Crippen LogP contribution is 2.40. The highest BCUT2D eigenvalue weighted by atomic mass is 16.5. The van der Waals surface area contributed by atoms with E-state index in [0.717, 1.165) is 30.4 Å². The van der Waals surface area contributed by atoms with Crippen LogP contribution < -0.4 is 24.4 Å². The summed E-state index contributed by atoms with van der Waals surface area (Å²) < 4.78 is 22.9.